The summed E-state index contributed by atoms with van der Waals surface area (Å²) in [5.41, 5.74) is 1.06. The van der Waals surface area contributed by atoms with Gasteiger partial charge in [0.15, 0.2) is 0 Å². The fourth-order valence-corrected chi connectivity index (χ4v) is 2.51. The van der Waals surface area contributed by atoms with Crippen LogP contribution in [0.25, 0.3) is 0 Å². The van der Waals surface area contributed by atoms with Crippen molar-refractivity contribution < 1.29 is 14.7 Å². The van der Waals surface area contributed by atoms with Gasteiger partial charge in [-0.25, -0.2) is 9.59 Å². The van der Waals surface area contributed by atoms with Crippen LogP contribution in [-0.2, 0) is 11.2 Å². The zero-order valence-corrected chi connectivity index (χ0v) is 12.3. The molecule has 0 aromatic heterocycles. The molecule has 5 nitrogen and oxygen atoms in total. The van der Waals surface area contributed by atoms with Crippen molar-refractivity contribution in [3.63, 3.8) is 0 Å². The van der Waals surface area contributed by atoms with E-state index in [-0.39, 0.29) is 11.8 Å². The summed E-state index contributed by atoms with van der Waals surface area (Å²) in [4.78, 5) is 23.1. The number of rotatable bonds is 6. The van der Waals surface area contributed by atoms with Crippen LogP contribution in [0.2, 0.25) is 0 Å². The van der Waals surface area contributed by atoms with Gasteiger partial charge in [-0.05, 0) is 23.8 Å². The van der Waals surface area contributed by atoms with Crippen molar-refractivity contribution in [2.75, 3.05) is 6.54 Å². The van der Waals surface area contributed by atoms with Crippen molar-refractivity contribution in [2.45, 2.75) is 38.6 Å². The quantitative estimate of drug-likeness (QED) is 0.751. The minimum atomic E-state index is -1.02. The van der Waals surface area contributed by atoms with Crippen molar-refractivity contribution in [2.24, 2.45) is 5.41 Å². The molecule has 1 saturated carbocycles. The number of carboxylic acids is 1. The van der Waals surface area contributed by atoms with E-state index in [4.69, 9.17) is 0 Å². The fourth-order valence-electron chi connectivity index (χ4n) is 2.51. The maximum absolute atomic E-state index is 11.8. The molecule has 21 heavy (non-hydrogen) atoms. The predicted molar refractivity (Wildman–Crippen MR) is 80.1 cm³/mol. The Labute approximate surface area is 124 Å². The summed E-state index contributed by atoms with van der Waals surface area (Å²) >= 11 is 0. The third-order valence-electron chi connectivity index (χ3n) is 4.12. The molecule has 1 atom stereocenters. The highest BCUT2D eigenvalue weighted by Crippen LogP contribution is 2.39. The number of carbonyl (C=O) groups is 2. The number of hydrogen-bond acceptors (Lipinski definition) is 2. The van der Waals surface area contributed by atoms with Gasteiger partial charge >= 0.3 is 12.0 Å². The summed E-state index contributed by atoms with van der Waals surface area (Å²) in [7, 11) is 0. The van der Waals surface area contributed by atoms with Crippen LogP contribution in [0.1, 0.15) is 31.7 Å². The van der Waals surface area contributed by atoms with Crippen LogP contribution in [0, 0.1) is 5.41 Å². The molecule has 0 bridgehead atoms. The summed E-state index contributed by atoms with van der Waals surface area (Å²) < 4.78 is 0. The Hall–Kier alpha value is -2.04. The van der Waals surface area contributed by atoms with Crippen LogP contribution in [0.3, 0.4) is 0 Å². The number of aliphatic carboxylic acids is 1. The minimum Gasteiger partial charge on any atom is -0.480 e. The molecular formula is C16H22N2O3. The molecule has 1 aliphatic rings. The van der Waals surface area contributed by atoms with Gasteiger partial charge in [-0.1, -0.05) is 43.7 Å². The number of hydrogen-bond donors (Lipinski definition) is 3. The molecule has 1 aromatic carbocycles. The lowest BCUT2D eigenvalue weighted by molar-refractivity contribution is -0.139. The van der Waals surface area contributed by atoms with Crippen molar-refractivity contribution in [3.8, 4) is 0 Å². The van der Waals surface area contributed by atoms with Crippen LogP contribution in [-0.4, -0.2) is 29.7 Å². The number of carbonyl (C=O) groups excluding carboxylic acids is 1. The molecular weight excluding hydrogens is 268 g/mol. The lowest BCUT2D eigenvalue weighted by Gasteiger charge is -2.38. The molecule has 2 rings (SSSR count). The monoisotopic (exact) mass is 290 g/mol. The number of carboxylic acid groups (broad SMARTS) is 1. The largest absolute Gasteiger partial charge is 0.480 e. The molecule has 0 spiro atoms. The van der Waals surface area contributed by atoms with E-state index in [9.17, 15) is 14.7 Å². The van der Waals surface area contributed by atoms with Gasteiger partial charge in [0.1, 0.15) is 6.04 Å². The molecule has 1 unspecified atom stereocenters. The Balaban J connectivity index is 1.84. The summed E-state index contributed by atoms with van der Waals surface area (Å²) in [6.07, 6.45) is 3.70. The summed E-state index contributed by atoms with van der Waals surface area (Å²) in [6.45, 7) is 2.73. The smallest absolute Gasteiger partial charge is 0.326 e. The third kappa shape index (κ3) is 4.48. The SMILES string of the molecule is CC1(CNC(=O)NC(Cc2ccccc2)C(=O)O)CCC1. The normalized spacial score (nSPS) is 17.4. The van der Waals surface area contributed by atoms with E-state index in [0.29, 0.717) is 6.54 Å². The Bertz CT molecular complexity index is 498. The topological polar surface area (TPSA) is 78.4 Å². The molecule has 0 radical (unpaired) electrons. The molecule has 1 fully saturated rings. The first-order valence-corrected chi connectivity index (χ1v) is 7.30. The van der Waals surface area contributed by atoms with Crippen molar-refractivity contribution in [1.82, 2.24) is 10.6 Å². The summed E-state index contributed by atoms with van der Waals surface area (Å²) in [5.74, 6) is -1.02. The lowest BCUT2D eigenvalue weighted by Crippen LogP contribution is -2.50. The van der Waals surface area contributed by atoms with Gasteiger partial charge in [0.25, 0.3) is 0 Å². The molecule has 0 saturated heterocycles. The lowest BCUT2D eigenvalue weighted by atomic mass is 9.70. The second-order valence-corrected chi connectivity index (χ2v) is 6.07. The fraction of sp³-hybridized carbons (Fsp3) is 0.500. The molecule has 1 aliphatic carbocycles. The molecule has 0 heterocycles. The van der Waals surface area contributed by atoms with Gasteiger partial charge in [-0.2, -0.15) is 0 Å². The highest BCUT2D eigenvalue weighted by atomic mass is 16.4. The van der Waals surface area contributed by atoms with Gasteiger partial charge in [0, 0.05) is 13.0 Å². The van der Waals surface area contributed by atoms with E-state index in [1.54, 1.807) is 0 Å². The van der Waals surface area contributed by atoms with Crippen LogP contribution in [0.5, 0.6) is 0 Å². The number of benzene rings is 1. The molecule has 2 amide bonds. The van der Waals surface area contributed by atoms with E-state index in [1.807, 2.05) is 30.3 Å². The maximum Gasteiger partial charge on any atom is 0.326 e. The van der Waals surface area contributed by atoms with Crippen molar-refractivity contribution in [1.29, 1.82) is 0 Å². The first kappa shape index (κ1) is 15.4. The third-order valence-corrected chi connectivity index (χ3v) is 4.12. The molecule has 1 aromatic rings. The van der Waals surface area contributed by atoms with E-state index in [0.717, 1.165) is 18.4 Å². The summed E-state index contributed by atoms with van der Waals surface area (Å²) in [5, 5.41) is 14.5. The Morgan fingerprint density at radius 1 is 1.29 bits per heavy atom. The van der Waals surface area contributed by atoms with Crippen LogP contribution >= 0.6 is 0 Å². The number of urea groups is 1. The molecule has 3 N–H and O–H groups in total. The Kier molecular flexibility index (Phi) is 4.83. The Morgan fingerprint density at radius 2 is 1.95 bits per heavy atom. The van der Waals surface area contributed by atoms with E-state index in [2.05, 4.69) is 17.6 Å². The average molecular weight is 290 g/mol. The second-order valence-electron chi connectivity index (χ2n) is 6.07. The van der Waals surface area contributed by atoms with Crippen molar-refractivity contribution >= 4 is 12.0 Å². The zero-order chi connectivity index (χ0) is 15.3. The van der Waals surface area contributed by atoms with Crippen LogP contribution < -0.4 is 10.6 Å². The highest BCUT2D eigenvalue weighted by molar-refractivity contribution is 5.82. The van der Waals surface area contributed by atoms with Gasteiger partial charge in [-0.3, -0.25) is 0 Å². The molecule has 114 valence electrons. The van der Waals surface area contributed by atoms with E-state index >= 15 is 0 Å². The highest BCUT2D eigenvalue weighted by Gasteiger charge is 2.32. The standard InChI is InChI=1S/C16H22N2O3/c1-16(8-5-9-16)11-17-15(21)18-13(14(19)20)10-12-6-3-2-4-7-12/h2-4,6-7,13H,5,8-11H2,1H3,(H,19,20)(H2,17,18,21). The van der Waals surface area contributed by atoms with Gasteiger partial charge < -0.3 is 15.7 Å². The molecule has 0 aliphatic heterocycles. The first-order valence-electron chi connectivity index (χ1n) is 7.30. The van der Waals surface area contributed by atoms with Crippen molar-refractivity contribution in [3.05, 3.63) is 35.9 Å². The minimum absolute atomic E-state index is 0.176. The first-order chi connectivity index (χ1) is 9.98. The summed E-state index contributed by atoms with van der Waals surface area (Å²) in [6, 6.07) is 7.96. The average Bonchev–Trinajstić information content (AvgIpc) is 2.43. The van der Waals surface area contributed by atoms with Gasteiger partial charge in [0.2, 0.25) is 0 Å². The zero-order valence-electron chi connectivity index (χ0n) is 12.3. The second kappa shape index (κ2) is 6.61. The van der Waals surface area contributed by atoms with Gasteiger partial charge in [0.05, 0.1) is 0 Å². The predicted octanol–water partition coefficient (Wildman–Crippen LogP) is 2.17. The van der Waals surface area contributed by atoms with Crippen LogP contribution in [0.4, 0.5) is 4.79 Å². The Morgan fingerprint density at radius 3 is 2.48 bits per heavy atom. The van der Waals surface area contributed by atoms with Gasteiger partial charge in [-0.15, -0.1) is 0 Å². The number of amides is 2. The van der Waals surface area contributed by atoms with E-state index < -0.39 is 18.0 Å². The van der Waals surface area contributed by atoms with Crippen LogP contribution in [0.15, 0.2) is 30.3 Å². The maximum atomic E-state index is 11.8. The number of nitrogens with one attached hydrogen (secondary N) is 2. The molecule has 5 heteroatoms. The van der Waals surface area contributed by atoms with E-state index in [1.165, 1.54) is 6.42 Å².